The van der Waals surface area contributed by atoms with Crippen molar-refractivity contribution < 1.29 is 0 Å². The van der Waals surface area contributed by atoms with Crippen LogP contribution >= 0.6 is 11.3 Å². The second kappa shape index (κ2) is 12.7. The Morgan fingerprint density at radius 2 is 0.855 bits per heavy atom. The average Bonchev–Trinajstić information content (AvgIpc) is 3.98. The summed E-state index contributed by atoms with van der Waals surface area (Å²) < 4.78 is 4.54. The Hall–Kier alpha value is -7.22. The number of para-hydroxylation sites is 3. The third kappa shape index (κ3) is 5.09. The van der Waals surface area contributed by atoms with Crippen LogP contribution in [0.2, 0.25) is 0 Å². The summed E-state index contributed by atoms with van der Waals surface area (Å²) >= 11 is 1.62. The minimum atomic E-state index is 0.849. The molecule has 258 valence electrons. The number of pyridine rings is 2. The lowest BCUT2D eigenvalue weighted by Crippen LogP contribution is -1.99. The van der Waals surface area contributed by atoms with Crippen molar-refractivity contribution in [3.05, 3.63) is 182 Å². The zero-order valence-electron chi connectivity index (χ0n) is 29.4. The van der Waals surface area contributed by atoms with Gasteiger partial charge in [0, 0.05) is 43.8 Å². The first kappa shape index (κ1) is 31.3. The van der Waals surface area contributed by atoms with E-state index in [1.54, 1.807) is 11.3 Å². The Balaban J connectivity index is 1.09. The molecule has 7 heteroatoms. The summed E-state index contributed by atoms with van der Waals surface area (Å²) in [5.41, 5.74) is 10.4. The number of fused-ring (bicyclic) bond motifs is 6. The van der Waals surface area contributed by atoms with Crippen LogP contribution in [0.25, 0.3) is 98.9 Å². The van der Waals surface area contributed by atoms with Gasteiger partial charge in [-0.05, 0) is 48.5 Å². The molecule has 0 saturated heterocycles. The molecule has 0 amide bonds. The molecule has 55 heavy (non-hydrogen) atoms. The van der Waals surface area contributed by atoms with Gasteiger partial charge in [-0.3, -0.25) is 9.13 Å². The maximum atomic E-state index is 5.21. The predicted molar refractivity (Wildman–Crippen MR) is 226 cm³/mol. The third-order valence-corrected chi connectivity index (χ3v) is 11.3. The standard InChI is InChI=1S/C48H30N6S/c1-3-15-31(16-4-1)38-24-13-29-43(49-38)53-41-27-10-8-20-35(41)45-36(22-12-28-42(45)53)47-51-52-48(55-47)37-23-11-21-34-33-19-7-9-26-40(33)54(46(34)37)44-30-14-25-39(50-44)32-17-5-2-6-18-32/h1-30H. The molecular formula is C48H30N6S. The number of hydrogen-bond donors (Lipinski definition) is 0. The number of aromatic nitrogens is 6. The van der Waals surface area contributed by atoms with Crippen LogP contribution < -0.4 is 0 Å². The van der Waals surface area contributed by atoms with Crippen LogP contribution in [-0.2, 0) is 0 Å². The lowest BCUT2D eigenvalue weighted by molar-refractivity contribution is 1.08. The van der Waals surface area contributed by atoms with Crippen molar-refractivity contribution in [2.45, 2.75) is 0 Å². The van der Waals surface area contributed by atoms with E-state index < -0.39 is 0 Å². The van der Waals surface area contributed by atoms with Crippen LogP contribution in [0.15, 0.2) is 182 Å². The maximum absolute atomic E-state index is 5.21. The molecule has 0 atom stereocenters. The summed E-state index contributed by atoms with van der Waals surface area (Å²) in [6.45, 7) is 0. The molecule has 0 radical (unpaired) electrons. The van der Waals surface area contributed by atoms with Gasteiger partial charge in [0.05, 0.1) is 33.5 Å². The van der Waals surface area contributed by atoms with Crippen LogP contribution in [0.3, 0.4) is 0 Å². The second-order valence-electron chi connectivity index (χ2n) is 13.5. The summed E-state index contributed by atoms with van der Waals surface area (Å²) in [4.78, 5) is 10.4. The highest BCUT2D eigenvalue weighted by molar-refractivity contribution is 7.18. The quantitative estimate of drug-likeness (QED) is 0.171. The monoisotopic (exact) mass is 722 g/mol. The topological polar surface area (TPSA) is 61.4 Å². The number of hydrogen-bond acceptors (Lipinski definition) is 5. The lowest BCUT2D eigenvalue weighted by Gasteiger charge is -2.11. The first-order valence-electron chi connectivity index (χ1n) is 18.2. The van der Waals surface area contributed by atoms with E-state index in [1.807, 2.05) is 36.4 Å². The highest BCUT2D eigenvalue weighted by atomic mass is 32.1. The number of rotatable bonds is 6. The van der Waals surface area contributed by atoms with Crippen molar-refractivity contribution in [1.29, 1.82) is 0 Å². The minimum absolute atomic E-state index is 0.849. The fraction of sp³-hybridized carbons (Fsp3) is 0. The molecule has 6 nitrogen and oxygen atoms in total. The Kier molecular flexibility index (Phi) is 7.25. The van der Waals surface area contributed by atoms with E-state index >= 15 is 0 Å². The Labute approximate surface area is 320 Å². The number of benzene rings is 6. The van der Waals surface area contributed by atoms with Gasteiger partial charge in [-0.25, -0.2) is 9.97 Å². The smallest absolute Gasteiger partial charge is 0.150 e. The van der Waals surface area contributed by atoms with E-state index in [9.17, 15) is 0 Å². The molecule has 0 fully saturated rings. The summed E-state index contributed by atoms with van der Waals surface area (Å²) in [5, 5.41) is 16.1. The van der Waals surface area contributed by atoms with Gasteiger partial charge >= 0.3 is 0 Å². The van der Waals surface area contributed by atoms with E-state index in [2.05, 4.69) is 155 Å². The van der Waals surface area contributed by atoms with Crippen LogP contribution in [0.5, 0.6) is 0 Å². The van der Waals surface area contributed by atoms with Crippen molar-refractivity contribution in [3.8, 4) is 55.3 Å². The molecule has 0 spiro atoms. The van der Waals surface area contributed by atoms with Crippen molar-refractivity contribution in [2.75, 3.05) is 0 Å². The second-order valence-corrected chi connectivity index (χ2v) is 14.5. The molecule has 5 aromatic heterocycles. The van der Waals surface area contributed by atoms with Gasteiger partial charge in [0.1, 0.15) is 21.7 Å². The van der Waals surface area contributed by atoms with Crippen LogP contribution in [0.1, 0.15) is 0 Å². The normalized spacial score (nSPS) is 11.6. The van der Waals surface area contributed by atoms with Gasteiger partial charge in [-0.2, -0.15) is 0 Å². The van der Waals surface area contributed by atoms with E-state index in [0.717, 1.165) is 93.5 Å². The van der Waals surface area contributed by atoms with Crippen molar-refractivity contribution >= 4 is 54.9 Å². The lowest BCUT2D eigenvalue weighted by atomic mass is 10.1. The highest BCUT2D eigenvalue weighted by Crippen LogP contribution is 2.43. The molecule has 0 N–H and O–H groups in total. The van der Waals surface area contributed by atoms with Gasteiger partial charge in [-0.1, -0.05) is 145 Å². The maximum Gasteiger partial charge on any atom is 0.150 e. The molecule has 11 rings (SSSR count). The van der Waals surface area contributed by atoms with Crippen LogP contribution in [0, 0.1) is 0 Å². The number of nitrogens with zero attached hydrogens (tertiary/aromatic N) is 6. The van der Waals surface area contributed by atoms with Crippen molar-refractivity contribution in [1.82, 2.24) is 29.3 Å². The minimum Gasteiger partial charge on any atom is -0.294 e. The first-order chi connectivity index (χ1) is 27.3. The fourth-order valence-electron chi connectivity index (χ4n) is 7.95. The molecular weight excluding hydrogens is 693 g/mol. The van der Waals surface area contributed by atoms with Gasteiger partial charge in [0.15, 0.2) is 0 Å². The SMILES string of the molecule is c1ccc(-c2cccc(-n3c4ccccc4c4c(-c5nnc(-c6cccc7c8ccccc8n(-c8cccc(-c9ccccc9)n8)c67)s5)cccc43)n2)cc1. The Morgan fingerprint density at radius 1 is 0.364 bits per heavy atom. The Bertz CT molecular complexity index is 3210. The van der Waals surface area contributed by atoms with Crippen molar-refractivity contribution in [3.63, 3.8) is 0 Å². The van der Waals surface area contributed by atoms with Crippen LogP contribution in [0.4, 0.5) is 0 Å². The molecule has 0 aliphatic rings. The third-order valence-electron chi connectivity index (χ3n) is 10.3. The molecule has 0 bridgehead atoms. The van der Waals surface area contributed by atoms with E-state index in [4.69, 9.17) is 20.2 Å². The Morgan fingerprint density at radius 3 is 1.55 bits per heavy atom. The molecule has 6 aromatic carbocycles. The van der Waals surface area contributed by atoms with E-state index in [1.165, 1.54) is 5.39 Å². The van der Waals surface area contributed by atoms with Gasteiger partial charge < -0.3 is 0 Å². The molecule has 0 unspecified atom stereocenters. The summed E-state index contributed by atoms with van der Waals surface area (Å²) in [5.74, 6) is 1.72. The van der Waals surface area contributed by atoms with Gasteiger partial charge in [0.25, 0.3) is 0 Å². The largest absolute Gasteiger partial charge is 0.294 e. The molecule has 0 aliphatic heterocycles. The van der Waals surface area contributed by atoms with Crippen molar-refractivity contribution in [2.24, 2.45) is 0 Å². The van der Waals surface area contributed by atoms with Gasteiger partial charge in [-0.15, -0.1) is 10.2 Å². The van der Waals surface area contributed by atoms with Gasteiger partial charge in [0.2, 0.25) is 0 Å². The molecule has 0 saturated carbocycles. The molecule has 0 aliphatic carbocycles. The van der Waals surface area contributed by atoms with E-state index in [0.29, 0.717) is 0 Å². The first-order valence-corrected chi connectivity index (χ1v) is 19.1. The fourth-order valence-corrected chi connectivity index (χ4v) is 8.85. The zero-order chi connectivity index (χ0) is 36.3. The molecule has 11 aromatic rings. The summed E-state index contributed by atoms with van der Waals surface area (Å²) in [6.07, 6.45) is 0. The summed E-state index contributed by atoms with van der Waals surface area (Å²) in [6, 6.07) is 63.1. The summed E-state index contributed by atoms with van der Waals surface area (Å²) in [7, 11) is 0. The van der Waals surface area contributed by atoms with E-state index in [-0.39, 0.29) is 0 Å². The predicted octanol–water partition coefficient (Wildman–Crippen LogP) is 12.2. The zero-order valence-corrected chi connectivity index (χ0v) is 30.2. The average molecular weight is 723 g/mol. The highest BCUT2D eigenvalue weighted by Gasteiger charge is 2.22. The molecule has 5 heterocycles. The van der Waals surface area contributed by atoms with Crippen LogP contribution in [-0.4, -0.2) is 29.3 Å².